The summed E-state index contributed by atoms with van der Waals surface area (Å²) in [5.41, 5.74) is 0.778. The molecule has 0 bridgehead atoms. The lowest BCUT2D eigenvalue weighted by molar-refractivity contribution is 0.0922. The average molecular weight is 529 g/mol. The van der Waals surface area contributed by atoms with E-state index in [1.54, 1.807) is 18.3 Å². The Kier molecular flexibility index (Phi) is 7.50. The van der Waals surface area contributed by atoms with Gasteiger partial charge in [0.25, 0.3) is 16.1 Å². The normalized spacial score (nSPS) is 20.5. The zero-order valence-electron chi connectivity index (χ0n) is 18.8. The monoisotopic (exact) mass is 528 g/mol. The highest BCUT2D eigenvalue weighted by Gasteiger charge is 2.47. The first-order valence-corrected chi connectivity index (χ1v) is 13.3. The molecule has 184 valence electrons. The Bertz CT molecular complexity index is 1140. The molecule has 0 radical (unpaired) electrons. The number of hydrogen-bond donors (Lipinski definition) is 1. The van der Waals surface area contributed by atoms with Gasteiger partial charge in [-0.3, -0.25) is 9.78 Å². The van der Waals surface area contributed by atoms with E-state index in [2.05, 4.69) is 10.3 Å². The van der Waals surface area contributed by atoms with Crippen LogP contribution in [0.5, 0.6) is 0 Å². The summed E-state index contributed by atoms with van der Waals surface area (Å²) in [6.07, 6.45) is 1.70. The standard InChI is InChI=1S/C23H27Cl2FN4O3S/c1-16(13-28-22(31)19-6-5-17(24)12-20(19)25)23(21-4-2-3-9-27-21)7-10-29(11-8-23)34(32,33)30-14-18(26)15-30/h2-6,9,12,16,18H,7-8,10-11,13-15H2,1H3,(H,28,31). The summed E-state index contributed by atoms with van der Waals surface area (Å²) in [4.78, 5) is 17.3. The van der Waals surface area contributed by atoms with E-state index in [-0.39, 0.29) is 29.9 Å². The van der Waals surface area contributed by atoms with Gasteiger partial charge in [-0.2, -0.15) is 17.0 Å². The van der Waals surface area contributed by atoms with E-state index in [4.69, 9.17) is 23.2 Å². The van der Waals surface area contributed by atoms with Gasteiger partial charge in [-0.1, -0.05) is 36.2 Å². The second-order valence-electron chi connectivity index (χ2n) is 8.93. The number of carbonyl (C=O) groups is 1. The molecule has 0 saturated carbocycles. The number of aromatic nitrogens is 1. The smallest absolute Gasteiger partial charge is 0.282 e. The van der Waals surface area contributed by atoms with E-state index >= 15 is 0 Å². The Morgan fingerprint density at radius 2 is 1.91 bits per heavy atom. The Labute approximate surface area is 209 Å². The zero-order chi connectivity index (χ0) is 24.5. The molecule has 2 aromatic rings. The molecule has 1 amide bonds. The van der Waals surface area contributed by atoms with Crippen molar-refractivity contribution in [2.24, 2.45) is 5.92 Å². The fourth-order valence-corrected chi connectivity index (χ4v) is 6.89. The van der Waals surface area contributed by atoms with Crippen molar-refractivity contribution in [3.63, 3.8) is 0 Å². The van der Waals surface area contributed by atoms with Crippen LogP contribution in [0, 0.1) is 5.92 Å². The predicted octanol–water partition coefficient (Wildman–Crippen LogP) is 3.69. The maximum absolute atomic E-state index is 13.3. The van der Waals surface area contributed by atoms with Crippen molar-refractivity contribution in [1.29, 1.82) is 0 Å². The molecule has 7 nitrogen and oxygen atoms in total. The maximum Gasteiger partial charge on any atom is 0.282 e. The van der Waals surface area contributed by atoms with Crippen LogP contribution in [0.15, 0.2) is 42.6 Å². The lowest BCUT2D eigenvalue weighted by Crippen LogP contribution is -2.59. The lowest BCUT2D eigenvalue weighted by atomic mass is 9.67. The molecule has 1 aromatic carbocycles. The molecule has 2 aliphatic rings. The number of amides is 1. The van der Waals surface area contributed by atoms with Gasteiger partial charge in [0, 0.05) is 55.1 Å². The Balaban J connectivity index is 1.49. The van der Waals surface area contributed by atoms with Crippen LogP contribution in [0.1, 0.15) is 35.8 Å². The summed E-state index contributed by atoms with van der Waals surface area (Å²) >= 11 is 12.1. The van der Waals surface area contributed by atoms with Gasteiger partial charge < -0.3 is 5.32 Å². The Morgan fingerprint density at radius 1 is 1.21 bits per heavy atom. The third-order valence-electron chi connectivity index (χ3n) is 6.93. The van der Waals surface area contributed by atoms with Crippen molar-refractivity contribution >= 4 is 39.3 Å². The predicted molar refractivity (Wildman–Crippen MR) is 130 cm³/mol. The van der Waals surface area contributed by atoms with Crippen LogP contribution in [0.4, 0.5) is 4.39 Å². The van der Waals surface area contributed by atoms with Gasteiger partial charge in [0.05, 0.1) is 10.6 Å². The van der Waals surface area contributed by atoms with Crippen molar-refractivity contribution in [2.75, 3.05) is 32.7 Å². The van der Waals surface area contributed by atoms with Crippen molar-refractivity contribution < 1.29 is 17.6 Å². The molecule has 1 N–H and O–H groups in total. The number of nitrogens with zero attached hydrogens (tertiary/aromatic N) is 3. The fraction of sp³-hybridized carbons (Fsp3) is 0.478. The van der Waals surface area contributed by atoms with E-state index in [9.17, 15) is 17.6 Å². The molecular formula is C23H27Cl2FN4O3S. The topological polar surface area (TPSA) is 82.6 Å². The van der Waals surface area contributed by atoms with Crippen LogP contribution < -0.4 is 5.32 Å². The molecule has 2 fully saturated rings. The third kappa shape index (κ3) is 4.95. The van der Waals surface area contributed by atoms with E-state index in [1.807, 2.05) is 25.1 Å². The minimum Gasteiger partial charge on any atom is -0.352 e. The van der Waals surface area contributed by atoms with Crippen LogP contribution in [0.2, 0.25) is 10.0 Å². The molecule has 2 aliphatic heterocycles. The molecule has 4 rings (SSSR count). The molecular weight excluding hydrogens is 502 g/mol. The number of pyridine rings is 1. The molecule has 3 heterocycles. The summed E-state index contributed by atoms with van der Waals surface area (Å²) in [5, 5.41) is 3.68. The van der Waals surface area contributed by atoms with Gasteiger partial charge in [-0.15, -0.1) is 0 Å². The third-order valence-corrected chi connectivity index (χ3v) is 9.45. The van der Waals surface area contributed by atoms with Crippen molar-refractivity contribution in [3.8, 4) is 0 Å². The zero-order valence-corrected chi connectivity index (χ0v) is 21.1. The first-order chi connectivity index (χ1) is 16.1. The molecule has 1 aromatic heterocycles. The summed E-state index contributed by atoms with van der Waals surface area (Å²) in [6, 6.07) is 10.4. The summed E-state index contributed by atoms with van der Waals surface area (Å²) in [5.74, 6) is -0.343. The highest BCUT2D eigenvalue weighted by Crippen LogP contribution is 2.42. The van der Waals surface area contributed by atoms with Gasteiger partial charge in [0.2, 0.25) is 0 Å². The van der Waals surface area contributed by atoms with Crippen LogP contribution in [0.3, 0.4) is 0 Å². The number of nitrogens with one attached hydrogen (secondary N) is 1. The number of rotatable bonds is 7. The minimum atomic E-state index is -3.68. The lowest BCUT2D eigenvalue weighted by Gasteiger charge is -2.46. The Hall–Kier alpha value is -1.78. The maximum atomic E-state index is 13.3. The van der Waals surface area contributed by atoms with E-state index in [0.717, 1.165) is 5.69 Å². The largest absolute Gasteiger partial charge is 0.352 e. The van der Waals surface area contributed by atoms with Crippen LogP contribution in [-0.2, 0) is 15.6 Å². The summed E-state index contributed by atoms with van der Waals surface area (Å²) in [7, 11) is -3.68. The van der Waals surface area contributed by atoms with Crippen LogP contribution in [-0.4, -0.2) is 66.8 Å². The van der Waals surface area contributed by atoms with E-state index in [0.29, 0.717) is 43.1 Å². The van der Waals surface area contributed by atoms with Crippen molar-refractivity contribution in [2.45, 2.75) is 31.4 Å². The first kappa shape index (κ1) is 25.3. The second-order valence-corrected chi connectivity index (χ2v) is 11.7. The Morgan fingerprint density at radius 3 is 2.50 bits per heavy atom. The number of alkyl halides is 1. The van der Waals surface area contributed by atoms with Crippen molar-refractivity contribution in [3.05, 3.63) is 63.9 Å². The first-order valence-electron chi connectivity index (χ1n) is 11.2. The van der Waals surface area contributed by atoms with Gasteiger partial charge in [-0.25, -0.2) is 4.39 Å². The van der Waals surface area contributed by atoms with E-state index < -0.39 is 21.8 Å². The van der Waals surface area contributed by atoms with Crippen molar-refractivity contribution in [1.82, 2.24) is 18.9 Å². The molecule has 0 spiro atoms. The number of hydrogen-bond acceptors (Lipinski definition) is 4. The summed E-state index contributed by atoms with van der Waals surface area (Å²) in [6.45, 7) is 2.82. The summed E-state index contributed by atoms with van der Waals surface area (Å²) < 4.78 is 41.6. The number of benzene rings is 1. The molecule has 11 heteroatoms. The highest BCUT2D eigenvalue weighted by molar-refractivity contribution is 7.86. The fourth-order valence-electron chi connectivity index (χ4n) is 4.72. The van der Waals surface area contributed by atoms with Crippen LogP contribution in [0.25, 0.3) is 0 Å². The molecule has 2 saturated heterocycles. The molecule has 34 heavy (non-hydrogen) atoms. The minimum absolute atomic E-state index is 0.0403. The highest BCUT2D eigenvalue weighted by atomic mass is 35.5. The SMILES string of the molecule is CC(CNC(=O)c1ccc(Cl)cc1Cl)C1(c2ccccn2)CCN(S(=O)(=O)N2CC(F)C2)CC1. The van der Waals surface area contributed by atoms with Gasteiger partial charge in [0.15, 0.2) is 0 Å². The van der Waals surface area contributed by atoms with Gasteiger partial charge in [-0.05, 0) is 49.1 Å². The number of piperidine rings is 1. The molecule has 1 unspecified atom stereocenters. The van der Waals surface area contributed by atoms with E-state index in [1.165, 1.54) is 14.7 Å². The number of halogens is 3. The quantitative estimate of drug-likeness (QED) is 0.594. The van der Waals surface area contributed by atoms with Gasteiger partial charge in [0.1, 0.15) is 6.17 Å². The number of carbonyl (C=O) groups excluding carboxylic acids is 1. The second kappa shape index (κ2) is 10.1. The van der Waals surface area contributed by atoms with Crippen LogP contribution >= 0.6 is 23.2 Å². The van der Waals surface area contributed by atoms with Gasteiger partial charge >= 0.3 is 0 Å². The molecule has 1 atom stereocenters. The average Bonchev–Trinajstić information content (AvgIpc) is 2.80. The molecule has 0 aliphatic carbocycles.